The predicted octanol–water partition coefficient (Wildman–Crippen LogP) is 4.65. The highest BCUT2D eigenvalue weighted by atomic mass is 32.2. The minimum Gasteiger partial charge on any atom is -0.490 e. The van der Waals surface area contributed by atoms with Crippen LogP contribution >= 0.6 is 0 Å². The van der Waals surface area contributed by atoms with Crippen molar-refractivity contribution in [3.63, 3.8) is 0 Å². The first-order valence-corrected chi connectivity index (χ1v) is 11.6. The Bertz CT molecular complexity index is 1300. The first kappa shape index (κ1) is 23.6. The quantitative estimate of drug-likeness (QED) is 0.405. The van der Waals surface area contributed by atoms with E-state index in [1.54, 1.807) is 42.5 Å². The Morgan fingerprint density at radius 2 is 1.74 bits per heavy atom. The van der Waals surface area contributed by atoms with Gasteiger partial charge in [-0.05, 0) is 29.8 Å². The molecule has 0 radical (unpaired) electrons. The van der Waals surface area contributed by atoms with E-state index in [9.17, 15) is 26.4 Å². The van der Waals surface area contributed by atoms with Crippen LogP contribution in [0.15, 0.2) is 54.7 Å². The zero-order chi connectivity index (χ0) is 24.5. The van der Waals surface area contributed by atoms with Gasteiger partial charge in [0, 0.05) is 43.1 Å². The first-order valence-electron chi connectivity index (χ1n) is 10.2. The summed E-state index contributed by atoms with van der Waals surface area (Å²) >= 11 is 0. The third-order valence-electron chi connectivity index (χ3n) is 5.39. The molecule has 0 unspecified atom stereocenters. The molecule has 1 fully saturated rings. The molecular formula is C22H19F3N2O6S. The molecule has 1 aromatic heterocycles. The van der Waals surface area contributed by atoms with Crippen molar-refractivity contribution < 1.29 is 40.4 Å². The summed E-state index contributed by atoms with van der Waals surface area (Å²) < 4.78 is 73.0. The van der Waals surface area contributed by atoms with Crippen molar-refractivity contribution in [2.75, 3.05) is 13.1 Å². The van der Waals surface area contributed by atoms with Gasteiger partial charge in [-0.1, -0.05) is 24.3 Å². The summed E-state index contributed by atoms with van der Waals surface area (Å²) in [5, 5.41) is 9.44. The average Bonchev–Trinajstić information content (AvgIpc) is 2.79. The van der Waals surface area contributed by atoms with Crippen molar-refractivity contribution in [2.45, 2.75) is 24.5 Å². The van der Waals surface area contributed by atoms with E-state index in [1.165, 1.54) is 17.2 Å². The Kier molecular flexibility index (Phi) is 6.26. The summed E-state index contributed by atoms with van der Waals surface area (Å²) in [6.45, 7) is 0.715. The molecule has 1 N–H and O–H groups in total. The van der Waals surface area contributed by atoms with E-state index in [0.29, 0.717) is 42.6 Å². The number of alkyl halides is 3. The molecule has 8 nitrogen and oxygen atoms in total. The molecule has 1 aliphatic rings. The van der Waals surface area contributed by atoms with E-state index in [4.69, 9.17) is 9.84 Å². The van der Waals surface area contributed by atoms with E-state index < -0.39 is 27.5 Å². The van der Waals surface area contributed by atoms with Crippen molar-refractivity contribution in [1.82, 2.24) is 9.88 Å². The number of hydrogen-bond donors (Lipinski definition) is 1. The summed E-state index contributed by atoms with van der Waals surface area (Å²) in [7, 11) is -5.92. The Morgan fingerprint density at radius 1 is 1.06 bits per heavy atom. The highest BCUT2D eigenvalue weighted by Crippen LogP contribution is 2.39. The van der Waals surface area contributed by atoms with Gasteiger partial charge in [0.2, 0.25) is 0 Å². The van der Waals surface area contributed by atoms with Crippen molar-refractivity contribution in [3.05, 3.63) is 54.7 Å². The molecule has 180 valence electrons. The number of likely N-dealkylation sites (tertiary alicyclic amines) is 1. The molecule has 4 rings (SSSR count). The monoisotopic (exact) mass is 496 g/mol. The fourth-order valence-electron chi connectivity index (χ4n) is 3.66. The van der Waals surface area contributed by atoms with E-state index in [0.717, 1.165) is 0 Å². The van der Waals surface area contributed by atoms with Gasteiger partial charge in [-0.15, -0.1) is 0 Å². The first-order chi connectivity index (χ1) is 16.0. The normalized spacial score (nSPS) is 15.3. The van der Waals surface area contributed by atoms with Crippen LogP contribution in [-0.2, 0) is 10.1 Å². The lowest BCUT2D eigenvalue weighted by atomic mass is 10.0. The maximum atomic E-state index is 13.0. The number of hydrogen-bond acceptors (Lipinski definition) is 6. The van der Waals surface area contributed by atoms with Gasteiger partial charge in [0.05, 0.1) is 0 Å². The summed E-state index contributed by atoms with van der Waals surface area (Å²) in [6.07, 6.45) is 1.22. The van der Waals surface area contributed by atoms with Crippen LogP contribution in [0.5, 0.6) is 11.5 Å². The van der Waals surface area contributed by atoms with Crippen LogP contribution < -0.4 is 8.92 Å². The lowest BCUT2D eigenvalue weighted by Gasteiger charge is -2.30. The topological polar surface area (TPSA) is 106 Å². The highest BCUT2D eigenvalue weighted by molar-refractivity contribution is 7.88. The number of fused-ring (bicyclic) bond motifs is 1. The number of rotatable bonds is 5. The van der Waals surface area contributed by atoms with Gasteiger partial charge < -0.3 is 18.9 Å². The molecule has 34 heavy (non-hydrogen) atoms. The standard InChI is InChI=1S/C22H19F3N2O6S/c23-22(24,25)34(30,31)33-20-18(8-5-15-2-1-11-26-19(15)20)14-3-6-16(7-4-14)32-17-9-12-27(13-10-17)21(28)29/h1-8,11,17H,9-10,12-13H2,(H,28,29). The van der Waals surface area contributed by atoms with Crippen LogP contribution in [0.1, 0.15) is 12.8 Å². The summed E-state index contributed by atoms with van der Waals surface area (Å²) in [5.74, 6) is -0.0352. The number of benzene rings is 2. The zero-order valence-electron chi connectivity index (χ0n) is 17.5. The Labute approximate surface area is 192 Å². The van der Waals surface area contributed by atoms with Gasteiger partial charge in [-0.25, -0.2) is 4.79 Å². The highest BCUT2D eigenvalue weighted by Gasteiger charge is 2.49. The fourth-order valence-corrected chi connectivity index (χ4v) is 4.14. The molecule has 0 atom stereocenters. The van der Waals surface area contributed by atoms with Crippen LogP contribution in [0.4, 0.5) is 18.0 Å². The number of carboxylic acid groups (broad SMARTS) is 1. The third kappa shape index (κ3) is 4.86. The number of amides is 1. The van der Waals surface area contributed by atoms with Gasteiger partial charge in [0.25, 0.3) is 0 Å². The SMILES string of the molecule is O=C(O)N1CCC(Oc2ccc(-c3ccc4cccnc4c3OS(=O)(=O)C(F)(F)F)cc2)CC1. The second-order valence-corrected chi connectivity index (χ2v) is 9.15. The summed E-state index contributed by atoms with van der Waals surface area (Å²) in [4.78, 5) is 16.3. The molecular weight excluding hydrogens is 477 g/mol. The molecule has 0 saturated carbocycles. The Balaban J connectivity index is 1.62. The van der Waals surface area contributed by atoms with Gasteiger partial charge in [-0.3, -0.25) is 4.98 Å². The Morgan fingerprint density at radius 3 is 2.35 bits per heavy atom. The van der Waals surface area contributed by atoms with Crippen molar-refractivity contribution in [1.29, 1.82) is 0 Å². The summed E-state index contributed by atoms with van der Waals surface area (Å²) in [5.41, 5.74) is -5.12. The number of ether oxygens (including phenoxy) is 1. The fraction of sp³-hybridized carbons (Fsp3) is 0.273. The maximum Gasteiger partial charge on any atom is 0.534 e. The molecule has 0 bridgehead atoms. The largest absolute Gasteiger partial charge is 0.534 e. The van der Waals surface area contributed by atoms with Gasteiger partial charge >= 0.3 is 21.7 Å². The van der Waals surface area contributed by atoms with E-state index in [-0.39, 0.29) is 17.2 Å². The van der Waals surface area contributed by atoms with Gasteiger partial charge in [-0.2, -0.15) is 21.6 Å². The number of nitrogens with zero attached hydrogens (tertiary/aromatic N) is 2. The number of halogens is 3. The number of carbonyl (C=O) groups is 1. The average molecular weight is 496 g/mol. The van der Waals surface area contributed by atoms with E-state index in [1.807, 2.05) is 0 Å². The van der Waals surface area contributed by atoms with Gasteiger partial charge in [0.1, 0.15) is 17.4 Å². The van der Waals surface area contributed by atoms with Crippen LogP contribution in [-0.4, -0.2) is 54.2 Å². The molecule has 2 heterocycles. The number of pyridine rings is 1. The molecule has 1 aliphatic heterocycles. The second-order valence-electron chi connectivity index (χ2n) is 7.61. The minimum absolute atomic E-state index is 0.0293. The lowest BCUT2D eigenvalue weighted by molar-refractivity contribution is -0.0499. The molecule has 12 heteroatoms. The van der Waals surface area contributed by atoms with E-state index >= 15 is 0 Å². The van der Waals surface area contributed by atoms with Gasteiger partial charge in [0.15, 0.2) is 5.75 Å². The number of piperidine rings is 1. The lowest BCUT2D eigenvalue weighted by Crippen LogP contribution is -2.41. The Hall–Kier alpha value is -3.54. The van der Waals surface area contributed by atoms with Crippen molar-refractivity contribution in [3.8, 4) is 22.6 Å². The molecule has 1 saturated heterocycles. The van der Waals surface area contributed by atoms with Crippen molar-refractivity contribution in [2.24, 2.45) is 0 Å². The molecule has 3 aromatic rings. The summed E-state index contributed by atoms with van der Waals surface area (Å²) in [6, 6.07) is 12.5. The maximum absolute atomic E-state index is 13.0. The molecule has 1 amide bonds. The molecule has 0 aliphatic carbocycles. The predicted molar refractivity (Wildman–Crippen MR) is 116 cm³/mol. The zero-order valence-corrected chi connectivity index (χ0v) is 18.3. The molecule has 2 aromatic carbocycles. The van der Waals surface area contributed by atoms with Crippen LogP contribution in [0.25, 0.3) is 22.0 Å². The number of aromatic nitrogens is 1. The minimum atomic E-state index is -5.92. The third-order valence-corrected chi connectivity index (χ3v) is 6.34. The van der Waals surface area contributed by atoms with Crippen LogP contribution in [0.2, 0.25) is 0 Å². The van der Waals surface area contributed by atoms with Crippen molar-refractivity contribution >= 4 is 27.1 Å². The van der Waals surface area contributed by atoms with Crippen LogP contribution in [0.3, 0.4) is 0 Å². The van der Waals surface area contributed by atoms with Crippen LogP contribution in [0, 0.1) is 0 Å². The molecule has 0 spiro atoms. The van der Waals surface area contributed by atoms with E-state index in [2.05, 4.69) is 9.17 Å². The smallest absolute Gasteiger partial charge is 0.490 e. The second kappa shape index (κ2) is 9.01.